The molecule has 136 valence electrons. The van der Waals surface area contributed by atoms with E-state index in [0.717, 1.165) is 11.1 Å². The van der Waals surface area contributed by atoms with Gasteiger partial charge in [-0.15, -0.1) is 0 Å². The highest BCUT2D eigenvalue weighted by Crippen LogP contribution is 2.01. The smallest absolute Gasteiger partial charge is 0.213 e. The van der Waals surface area contributed by atoms with E-state index in [0.29, 0.717) is 6.42 Å². The first kappa shape index (κ1) is 19.5. The Morgan fingerprint density at radius 1 is 0.800 bits per heavy atom. The van der Waals surface area contributed by atoms with Crippen molar-refractivity contribution in [2.75, 3.05) is 18.1 Å². The molecule has 0 unspecified atom stereocenters. The molecule has 25 heavy (non-hydrogen) atoms. The van der Waals surface area contributed by atoms with E-state index < -0.39 is 20.0 Å². The molecule has 2 rings (SSSR count). The van der Waals surface area contributed by atoms with Crippen LogP contribution in [0.5, 0.6) is 0 Å². The van der Waals surface area contributed by atoms with Crippen LogP contribution in [0.25, 0.3) is 0 Å². The van der Waals surface area contributed by atoms with Crippen LogP contribution >= 0.6 is 0 Å². The second-order valence-corrected chi connectivity index (χ2v) is 9.30. The van der Waals surface area contributed by atoms with Crippen LogP contribution in [0.2, 0.25) is 0 Å². The monoisotopic (exact) mass is 383 g/mol. The molecule has 0 amide bonds. The molecule has 0 aliphatic carbocycles. The second kappa shape index (κ2) is 9.04. The van der Waals surface area contributed by atoms with Crippen LogP contribution in [0, 0.1) is 0 Å². The third-order valence-corrected chi connectivity index (χ3v) is 6.13. The molecule has 1 aromatic heterocycles. The number of hydrogen-bond donors (Lipinski definition) is 2. The van der Waals surface area contributed by atoms with Crippen molar-refractivity contribution in [2.24, 2.45) is 0 Å². The van der Waals surface area contributed by atoms with Gasteiger partial charge in [0.25, 0.3) is 0 Å². The number of rotatable bonds is 10. The van der Waals surface area contributed by atoms with Gasteiger partial charge >= 0.3 is 0 Å². The molecule has 7 nitrogen and oxygen atoms in total. The molecule has 0 aliphatic heterocycles. The number of sulfonamides is 2. The van der Waals surface area contributed by atoms with E-state index in [-0.39, 0.29) is 24.6 Å². The number of benzene rings is 1. The lowest BCUT2D eigenvalue weighted by Crippen LogP contribution is -2.35. The minimum Gasteiger partial charge on any atom is -0.264 e. The zero-order valence-corrected chi connectivity index (χ0v) is 15.3. The largest absolute Gasteiger partial charge is 0.264 e. The minimum atomic E-state index is -3.57. The summed E-state index contributed by atoms with van der Waals surface area (Å²) in [6.07, 6.45) is 3.54. The summed E-state index contributed by atoms with van der Waals surface area (Å²) in [5.41, 5.74) is 1.65. The highest BCUT2D eigenvalue weighted by molar-refractivity contribution is 7.90. The van der Waals surface area contributed by atoms with Gasteiger partial charge in [-0.05, 0) is 23.6 Å². The Kier molecular flexibility index (Phi) is 7.06. The zero-order chi connectivity index (χ0) is 18.2. The van der Waals surface area contributed by atoms with E-state index >= 15 is 0 Å². The molecule has 0 atom stereocenters. The van der Waals surface area contributed by atoms with Crippen LogP contribution in [0.1, 0.15) is 11.1 Å². The first-order valence-corrected chi connectivity index (χ1v) is 11.0. The first-order valence-electron chi connectivity index (χ1n) is 7.74. The van der Waals surface area contributed by atoms with Crippen molar-refractivity contribution in [1.82, 2.24) is 14.4 Å². The van der Waals surface area contributed by atoms with Crippen molar-refractivity contribution in [3.05, 3.63) is 66.0 Å². The molecule has 2 aromatic rings. The summed E-state index contributed by atoms with van der Waals surface area (Å²) < 4.78 is 52.4. The van der Waals surface area contributed by atoms with Crippen LogP contribution in [-0.4, -0.2) is 39.9 Å². The summed E-state index contributed by atoms with van der Waals surface area (Å²) in [6, 6.07) is 12.7. The predicted octanol–water partition coefficient (Wildman–Crippen LogP) is 0.663. The number of nitrogens with one attached hydrogen (secondary N) is 2. The van der Waals surface area contributed by atoms with Gasteiger partial charge in [0.2, 0.25) is 20.0 Å². The summed E-state index contributed by atoms with van der Waals surface area (Å²) in [5.74, 6) is -0.405. The topological polar surface area (TPSA) is 105 Å². The average molecular weight is 383 g/mol. The van der Waals surface area contributed by atoms with E-state index in [4.69, 9.17) is 0 Å². The number of nitrogens with zero attached hydrogens (tertiary/aromatic N) is 1. The molecule has 1 aromatic carbocycles. The molecule has 9 heteroatoms. The van der Waals surface area contributed by atoms with Gasteiger partial charge in [-0.2, -0.15) is 0 Å². The molecule has 0 radical (unpaired) electrons. The molecule has 1 heterocycles. The predicted molar refractivity (Wildman–Crippen MR) is 96.8 cm³/mol. The summed E-state index contributed by atoms with van der Waals surface area (Å²) in [5, 5.41) is 0. The number of hydrogen-bond acceptors (Lipinski definition) is 5. The Hall–Kier alpha value is -1.81. The zero-order valence-electron chi connectivity index (χ0n) is 13.6. The summed E-state index contributed by atoms with van der Waals surface area (Å²) >= 11 is 0. The molecule has 0 saturated carbocycles. The molecule has 2 N–H and O–H groups in total. The lowest BCUT2D eigenvalue weighted by atomic mass is 10.2. The van der Waals surface area contributed by atoms with Gasteiger partial charge in [0.15, 0.2) is 0 Å². The van der Waals surface area contributed by atoms with E-state index in [2.05, 4.69) is 14.4 Å². The number of aromatic nitrogens is 1. The Labute approximate surface area is 148 Å². The quantitative estimate of drug-likeness (QED) is 0.627. The van der Waals surface area contributed by atoms with Crippen LogP contribution in [0.4, 0.5) is 0 Å². The van der Waals surface area contributed by atoms with Crippen molar-refractivity contribution < 1.29 is 16.8 Å². The molecular weight excluding hydrogens is 362 g/mol. The number of pyridine rings is 1. The van der Waals surface area contributed by atoms with Gasteiger partial charge in [0, 0.05) is 25.5 Å². The van der Waals surface area contributed by atoms with Crippen LogP contribution in [-0.2, 0) is 33.0 Å². The molecule has 0 bridgehead atoms. The maximum absolute atomic E-state index is 11.9. The Bertz CT molecular complexity index is 781. The normalized spacial score (nSPS) is 12.2. The number of aryl methyl sites for hydroxylation is 1. The van der Waals surface area contributed by atoms with Crippen molar-refractivity contribution in [2.45, 2.75) is 13.0 Å². The SMILES string of the molecule is O=S(=O)(CCc1ccccc1)NCCS(=O)(=O)NCc1cccnc1. The third-order valence-electron chi connectivity index (χ3n) is 3.41. The van der Waals surface area contributed by atoms with Crippen LogP contribution < -0.4 is 9.44 Å². The van der Waals surface area contributed by atoms with Crippen molar-refractivity contribution >= 4 is 20.0 Å². The fourth-order valence-electron chi connectivity index (χ4n) is 2.07. The van der Waals surface area contributed by atoms with Crippen LogP contribution in [0.3, 0.4) is 0 Å². The fraction of sp³-hybridized carbons (Fsp3) is 0.312. The van der Waals surface area contributed by atoms with Gasteiger partial charge in [-0.3, -0.25) is 4.98 Å². The Balaban J connectivity index is 1.74. The molecule has 0 saturated heterocycles. The lowest BCUT2D eigenvalue weighted by molar-refractivity contribution is 0.574. The highest BCUT2D eigenvalue weighted by Gasteiger charge is 2.14. The van der Waals surface area contributed by atoms with Gasteiger partial charge in [0.1, 0.15) is 0 Å². The van der Waals surface area contributed by atoms with E-state index in [9.17, 15) is 16.8 Å². The van der Waals surface area contributed by atoms with E-state index in [1.54, 1.807) is 24.5 Å². The maximum Gasteiger partial charge on any atom is 0.213 e. The van der Waals surface area contributed by atoms with Crippen molar-refractivity contribution in [3.63, 3.8) is 0 Å². The Morgan fingerprint density at radius 3 is 2.16 bits per heavy atom. The molecule has 0 fully saturated rings. The fourth-order valence-corrected chi connectivity index (χ4v) is 4.16. The van der Waals surface area contributed by atoms with Crippen molar-refractivity contribution in [3.8, 4) is 0 Å². The molecule has 0 spiro atoms. The highest BCUT2D eigenvalue weighted by atomic mass is 32.2. The molecular formula is C16H21N3O4S2. The standard InChI is InChI=1S/C16H21N3O4S2/c20-24(21,11-8-15-5-2-1-3-6-15)18-10-12-25(22,23)19-14-16-7-4-9-17-13-16/h1-7,9,13,18-19H,8,10-12,14H2. The molecule has 0 aliphatic rings. The van der Waals surface area contributed by atoms with Gasteiger partial charge < -0.3 is 0 Å². The maximum atomic E-state index is 11.9. The van der Waals surface area contributed by atoms with Gasteiger partial charge in [-0.1, -0.05) is 36.4 Å². The minimum absolute atomic E-state index is 0.0832. The first-order chi connectivity index (χ1) is 11.9. The van der Waals surface area contributed by atoms with Gasteiger partial charge in [0.05, 0.1) is 11.5 Å². The second-order valence-electron chi connectivity index (χ2n) is 5.45. The van der Waals surface area contributed by atoms with Crippen molar-refractivity contribution in [1.29, 1.82) is 0 Å². The van der Waals surface area contributed by atoms with E-state index in [1.807, 2.05) is 30.3 Å². The summed E-state index contributed by atoms with van der Waals surface area (Å²) in [4.78, 5) is 3.90. The van der Waals surface area contributed by atoms with Gasteiger partial charge in [-0.25, -0.2) is 26.3 Å². The third kappa shape index (κ3) is 7.74. The average Bonchev–Trinajstić information content (AvgIpc) is 2.60. The summed E-state index contributed by atoms with van der Waals surface area (Å²) in [6.45, 7) is -0.0452. The summed E-state index contributed by atoms with van der Waals surface area (Å²) in [7, 11) is -7.10. The lowest BCUT2D eigenvalue weighted by Gasteiger charge is -2.09. The van der Waals surface area contributed by atoms with E-state index in [1.165, 1.54) is 0 Å². The van der Waals surface area contributed by atoms with Crippen LogP contribution in [0.15, 0.2) is 54.9 Å². The Morgan fingerprint density at radius 2 is 1.48 bits per heavy atom.